The minimum atomic E-state index is 0.131. The lowest BCUT2D eigenvalue weighted by Gasteiger charge is -2.47. The van der Waals surface area contributed by atoms with Crippen molar-refractivity contribution in [3.05, 3.63) is 29.8 Å². The van der Waals surface area contributed by atoms with Crippen LogP contribution < -0.4 is 10.2 Å². The maximum atomic E-state index is 12.3. The predicted octanol–water partition coefficient (Wildman–Crippen LogP) is 2.22. The molecule has 1 amide bonds. The molecule has 1 N–H and O–H groups in total. The molecule has 1 saturated carbocycles. The van der Waals surface area contributed by atoms with Crippen LogP contribution in [-0.4, -0.2) is 38.8 Å². The molecule has 0 spiro atoms. The SMILES string of the molecule is CC[C@@H]1[C@@H](NC(=O)Cc2ccc(N(C)C)cc2)[C@@H]2CCO[C@H]12. The number of carbonyl (C=O) groups is 1. The Labute approximate surface area is 132 Å². The molecule has 1 aliphatic carbocycles. The second-order valence-electron chi connectivity index (χ2n) is 6.69. The summed E-state index contributed by atoms with van der Waals surface area (Å²) >= 11 is 0. The molecule has 0 unspecified atom stereocenters. The lowest BCUT2D eigenvalue weighted by Crippen LogP contribution is -2.61. The number of rotatable bonds is 5. The number of fused-ring (bicyclic) bond motifs is 1. The number of anilines is 1. The largest absolute Gasteiger partial charge is 0.378 e. The van der Waals surface area contributed by atoms with Gasteiger partial charge in [-0.05, 0) is 30.5 Å². The highest BCUT2D eigenvalue weighted by Crippen LogP contribution is 2.45. The zero-order valence-electron chi connectivity index (χ0n) is 13.7. The Kier molecular flexibility index (Phi) is 4.39. The fraction of sp³-hybridized carbons (Fsp3) is 0.611. The molecule has 3 rings (SSSR count). The quantitative estimate of drug-likeness (QED) is 0.907. The van der Waals surface area contributed by atoms with E-state index in [2.05, 4.69) is 29.3 Å². The van der Waals surface area contributed by atoms with Gasteiger partial charge in [0, 0.05) is 44.3 Å². The van der Waals surface area contributed by atoms with Crippen molar-refractivity contribution < 1.29 is 9.53 Å². The van der Waals surface area contributed by atoms with Crippen molar-refractivity contribution >= 4 is 11.6 Å². The van der Waals surface area contributed by atoms with Crippen LogP contribution in [0.2, 0.25) is 0 Å². The monoisotopic (exact) mass is 302 g/mol. The topological polar surface area (TPSA) is 41.6 Å². The van der Waals surface area contributed by atoms with Gasteiger partial charge >= 0.3 is 0 Å². The number of nitrogens with zero attached hydrogens (tertiary/aromatic N) is 1. The normalized spacial score (nSPS) is 29.6. The summed E-state index contributed by atoms with van der Waals surface area (Å²) in [6.07, 6.45) is 3.00. The van der Waals surface area contributed by atoms with Crippen LogP contribution in [0, 0.1) is 11.8 Å². The van der Waals surface area contributed by atoms with E-state index in [0.29, 0.717) is 30.4 Å². The van der Waals surface area contributed by atoms with Gasteiger partial charge in [0.15, 0.2) is 0 Å². The molecule has 1 aliphatic heterocycles. The van der Waals surface area contributed by atoms with Crippen LogP contribution in [0.5, 0.6) is 0 Å². The van der Waals surface area contributed by atoms with Crippen molar-refractivity contribution in [3.8, 4) is 0 Å². The van der Waals surface area contributed by atoms with Crippen molar-refractivity contribution in [1.29, 1.82) is 0 Å². The van der Waals surface area contributed by atoms with E-state index in [1.165, 1.54) is 0 Å². The van der Waals surface area contributed by atoms with Crippen LogP contribution >= 0.6 is 0 Å². The molecule has 4 atom stereocenters. The number of carbonyl (C=O) groups excluding carboxylic acids is 1. The third-order valence-corrected chi connectivity index (χ3v) is 5.14. The van der Waals surface area contributed by atoms with E-state index < -0.39 is 0 Å². The Bertz CT molecular complexity index is 526. The highest BCUT2D eigenvalue weighted by molar-refractivity contribution is 5.79. The third kappa shape index (κ3) is 2.84. The van der Waals surface area contributed by atoms with E-state index in [0.717, 1.165) is 30.7 Å². The van der Waals surface area contributed by atoms with Crippen molar-refractivity contribution in [2.75, 3.05) is 25.6 Å². The zero-order valence-corrected chi connectivity index (χ0v) is 13.7. The molecule has 22 heavy (non-hydrogen) atoms. The van der Waals surface area contributed by atoms with Crippen molar-refractivity contribution in [2.24, 2.45) is 11.8 Å². The zero-order chi connectivity index (χ0) is 15.7. The van der Waals surface area contributed by atoms with Gasteiger partial charge in [0.25, 0.3) is 0 Å². The third-order valence-electron chi connectivity index (χ3n) is 5.14. The number of benzene rings is 1. The average molecular weight is 302 g/mol. The molecule has 4 heteroatoms. The highest BCUT2D eigenvalue weighted by Gasteiger charge is 2.53. The number of ether oxygens (including phenoxy) is 1. The van der Waals surface area contributed by atoms with Gasteiger partial charge in [0.05, 0.1) is 12.5 Å². The Morgan fingerprint density at radius 3 is 2.68 bits per heavy atom. The van der Waals surface area contributed by atoms with Crippen molar-refractivity contribution in [3.63, 3.8) is 0 Å². The summed E-state index contributed by atoms with van der Waals surface area (Å²) in [5.74, 6) is 1.16. The number of hydrogen-bond donors (Lipinski definition) is 1. The Morgan fingerprint density at radius 2 is 2.05 bits per heavy atom. The molecule has 1 aromatic rings. The fourth-order valence-corrected chi connectivity index (χ4v) is 3.86. The molecule has 120 valence electrons. The Morgan fingerprint density at radius 1 is 1.32 bits per heavy atom. The van der Waals surface area contributed by atoms with E-state index in [4.69, 9.17) is 4.74 Å². The minimum Gasteiger partial charge on any atom is -0.378 e. The van der Waals surface area contributed by atoms with Gasteiger partial charge in [-0.1, -0.05) is 19.1 Å². The number of amides is 1. The fourth-order valence-electron chi connectivity index (χ4n) is 3.86. The summed E-state index contributed by atoms with van der Waals surface area (Å²) in [5.41, 5.74) is 2.22. The molecule has 4 nitrogen and oxygen atoms in total. The van der Waals surface area contributed by atoms with Gasteiger partial charge in [-0.15, -0.1) is 0 Å². The summed E-state index contributed by atoms with van der Waals surface area (Å²) in [7, 11) is 4.03. The van der Waals surface area contributed by atoms with E-state index >= 15 is 0 Å². The van der Waals surface area contributed by atoms with Gasteiger partial charge in [-0.25, -0.2) is 0 Å². The second-order valence-corrected chi connectivity index (χ2v) is 6.69. The van der Waals surface area contributed by atoms with Gasteiger partial charge in [-0.2, -0.15) is 0 Å². The van der Waals surface area contributed by atoms with Crippen LogP contribution in [0.3, 0.4) is 0 Å². The summed E-state index contributed by atoms with van der Waals surface area (Å²) in [6.45, 7) is 3.03. The van der Waals surface area contributed by atoms with Crippen LogP contribution in [0.15, 0.2) is 24.3 Å². The molecule has 1 saturated heterocycles. The Hall–Kier alpha value is -1.55. The maximum absolute atomic E-state index is 12.3. The first-order chi connectivity index (χ1) is 10.6. The van der Waals surface area contributed by atoms with Crippen molar-refractivity contribution in [1.82, 2.24) is 5.32 Å². The summed E-state index contributed by atoms with van der Waals surface area (Å²) in [5, 5.41) is 3.25. The molecular formula is C18H26N2O2. The number of nitrogens with one attached hydrogen (secondary N) is 1. The van der Waals surface area contributed by atoms with E-state index in [1.54, 1.807) is 0 Å². The molecule has 2 aliphatic rings. The lowest BCUT2D eigenvalue weighted by atomic mass is 9.65. The van der Waals surface area contributed by atoms with E-state index in [9.17, 15) is 4.79 Å². The molecule has 0 radical (unpaired) electrons. The van der Waals surface area contributed by atoms with Gasteiger partial charge in [0.1, 0.15) is 0 Å². The first-order valence-corrected chi connectivity index (χ1v) is 8.27. The lowest BCUT2D eigenvalue weighted by molar-refractivity contribution is -0.126. The highest BCUT2D eigenvalue weighted by atomic mass is 16.5. The molecular weight excluding hydrogens is 276 g/mol. The molecule has 1 heterocycles. The first kappa shape index (κ1) is 15.3. The summed E-state index contributed by atoms with van der Waals surface area (Å²) in [6, 6.07) is 8.50. The van der Waals surface area contributed by atoms with Gasteiger partial charge in [0.2, 0.25) is 5.91 Å². The summed E-state index contributed by atoms with van der Waals surface area (Å²) in [4.78, 5) is 14.4. The maximum Gasteiger partial charge on any atom is 0.224 e. The first-order valence-electron chi connectivity index (χ1n) is 8.27. The van der Waals surface area contributed by atoms with E-state index in [-0.39, 0.29) is 5.91 Å². The number of hydrogen-bond acceptors (Lipinski definition) is 3. The van der Waals surface area contributed by atoms with Gasteiger partial charge < -0.3 is 15.0 Å². The smallest absolute Gasteiger partial charge is 0.224 e. The summed E-state index contributed by atoms with van der Waals surface area (Å²) < 4.78 is 5.77. The molecule has 0 bridgehead atoms. The van der Waals surface area contributed by atoms with Crippen molar-refractivity contribution in [2.45, 2.75) is 38.3 Å². The van der Waals surface area contributed by atoms with E-state index in [1.807, 2.05) is 26.2 Å². The molecule has 0 aromatic heterocycles. The predicted molar refractivity (Wildman–Crippen MR) is 88.0 cm³/mol. The Balaban J connectivity index is 1.56. The molecule has 1 aromatic carbocycles. The van der Waals surface area contributed by atoms with Crippen LogP contribution in [0.1, 0.15) is 25.3 Å². The van der Waals surface area contributed by atoms with Gasteiger partial charge in [-0.3, -0.25) is 4.79 Å². The minimum absolute atomic E-state index is 0.131. The average Bonchev–Trinajstić information content (AvgIpc) is 2.90. The standard InChI is InChI=1S/C18H26N2O2/c1-4-14-17(15-9-10-22-18(14)15)19-16(21)11-12-5-7-13(8-6-12)20(2)3/h5-8,14-15,17-18H,4,9-11H2,1-3H3,(H,19,21)/t14-,15+,17-,18-/m1/s1. The van der Waals surface area contributed by atoms with Crippen LogP contribution in [0.4, 0.5) is 5.69 Å². The van der Waals surface area contributed by atoms with Crippen LogP contribution in [0.25, 0.3) is 0 Å². The molecule has 2 fully saturated rings. The second kappa shape index (κ2) is 6.29. The van der Waals surface area contributed by atoms with Crippen LogP contribution in [-0.2, 0) is 16.0 Å².